The molecule has 23 heavy (non-hydrogen) atoms. The second-order valence-electron chi connectivity index (χ2n) is 5.01. The molecule has 7 heteroatoms. The van der Waals surface area contributed by atoms with Crippen molar-refractivity contribution in [2.24, 2.45) is 4.99 Å². The lowest BCUT2D eigenvalue weighted by Gasteiger charge is -2.12. The molecule has 0 aliphatic heterocycles. The predicted octanol–water partition coefficient (Wildman–Crippen LogP) is 2.48. The van der Waals surface area contributed by atoms with Gasteiger partial charge in [0.2, 0.25) is 0 Å². The van der Waals surface area contributed by atoms with Gasteiger partial charge in [0.1, 0.15) is 6.33 Å². The summed E-state index contributed by atoms with van der Waals surface area (Å²) in [5, 5.41) is 14.6. The molecule has 0 aliphatic carbocycles. The number of aromatic nitrogens is 3. The van der Waals surface area contributed by atoms with Gasteiger partial charge in [-0.2, -0.15) is 0 Å². The fourth-order valence-electron chi connectivity index (χ4n) is 2.14. The number of aliphatic imine (C=N–C) groups is 1. The van der Waals surface area contributed by atoms with Crippen LogP contribution in [-0.2, 0) is 19.6 Å². The number of halogens is 1. The average Bonchev–Trinajstić information content (AvgIpc) is 2.99. The first kappa shape index (κ1) is 19.4. The molecule has 0 saturated carbocycles. The highest BCUT2D eigenvalue weighted by Gasteiger charge is 2.04. The van der Waals surface area contributed by atoms with Crippen molar-refractivity contribution in [3.05, 3.63) is 47.5 Å². The van der Waals surface area contributed by atoms with Crippen molar-refractivity contribution >= 4 is 29.9 Å². The van der Waals surface area contributed by atoms with Crippen molar-refractivity contribution < 1.29 is 0 Å². The van der Waals surface area contributed by atoms with Crippen LogP contribution in [0.25, 0.3) is 0 Å². The minimum Gasteiger partial charge on any atom is -0.357 e. The molecular weight excluding hydrogens is 403 g/mol. The third kappa shape index (κ3) is 5.81. The highest BCUT2D eigenvalue weighted by atomic mass is 127. The SMILES string of the molecule is CCNC(=NCc1ccccc1C)NCc1nncn1CC.I. The monoisotopic (exact) mass is 428 g/mol. The van der Waals surface area contributed by atoms with Crippen molar-refractivity contribution in [1.82, 2.24) is 25.4 Å². The summed E-state index contributed by atoms with van der Waals surface area (Å²) in [6.45, 7) is 9.18. The first-order valence-electron chi connectivity index (χ1n) is 7.68. The second kappa shape index (κ2) is 10.2. The van der Waals surface area contributed by atoms with Gasteiger partial charge in [-0.15, -0.1) is 34.2 Å². The average molecular weight is 428 g/mol. The van der Waals surface area contributed by atoms with E-state index in [2.05, 4.69) is 58.7 Å². The molecular formula is C16H25IN6. The number of aryl methyl sites for hydroxylation is 2. The van der Waals surface area contributed by atoms with E-state index in [0.29, 0.717) is 13.1 Å². The van der Waals surface area contributed by atoms with E-state index in [1.807, 2.05) is 16.7 Å². The van der Waals surface area contributed by atoms with Gasteiger partial charge < -0.3 is 15.2 Å². The molecule has 1 aromatic heterocycles. The van der Waals surface area contributed by atoms with Gasteiger partial charge in [0.15, 0.2) is 11.8 Å². The standard InChI is InChI=1S/C16H24N6.HI/c1-4-17-16(18-10-14-9-7-6-8-13(14)3)19-11-15-21-20-12-22(15)5-2;/h6-9,12H,4-5,10-11H2,1-3H3,(H2,17,18,19);1H. The molecule has 0 radical (unpaired) electrons. The maximum Gasteiger partial charge on any atom is 0.191 e. The van der Waals surface area contributed by atoms with Crippen LogP contribution in [-0.4, -0.2) is 27.3 Å². The van der Waals surface area contributed by atoms with Crippen LogP contribution >= 0.6 is 24.0 Å². The molecule has 0 aliphatic rings. The fourth-order valence-corrected chi connectivity index (χ4v) is 2.14. The molecule has 2 rings (SSSR count). The Morgan fingerprint density at radius 2 is 2.00 bits per heavy atom. The molecule has 0 bridgehead atoms. The second-order valence-corrected chi connectivity index (χ2v) is 5.01. The largest absolute Gasteiger partial charge is 0.357 e. The minimum atomic E-state index is 0. The molecule has 126 valence electrons. The van der Waals surface area contributed by atoms with E-state index in [0.717, 1.165) is 24.9 Å². The van der Waals surface area contributed by atoms with Crippen LogP contribution < -0.4 is 10.6 Å². The summed E-state index contributed by atoms with van der Waals surface area (Å²) in [6, 6.07) is 8.30. The summed E-state index contributed by atoms with van der Waals surface area (Å²) in [6.07, 6.45) is 1.74. The van der Waals surface area contributed by atoms with E-state index < -0.39 is 0 Å². The molecule has 0 fully saturated rings. The Balaban J connectivity index is 0.00000264. The molecule has 0 unspecified atom stereocenters. The van der Waals surface area contributed by atoms with Gasteiger partial charge in [0, 0.05) is 13.1 Å². The molecule has 6 nitrogen and oxygen atoms in total. The number of guanidine groups is 1. The van der Waals surface area contributed by atoms with Gasteiger partial charge in [-0.3, -0.25) is 0 Å². The maximum atomic E-state index is 4.64. The highest BCUT2D eigenvalue weighted by Crippen LogP contribution is 2.07. The topological polar surface area (TPSA) is 67.1 Å². The lowest BCUT2D eigenvalue weighted by molar-refractivity contribution is 0.670. The Labute approximate surface area is 154 Å². The van der Waals surface area contributed by atoms with Crippen LogP contribution in [0.1, 0.15) is 30.8 Å². The van der Waals surface area contributed by atoms with Crippen LogP contribution in [0.4, 0.5) is 0 Å². The summed E-state index contributed by atoms with van der Waals surface area (Å²) < 4.78 is 2.01. The van der Waals surface area contributed by atoms with Crippen LogP contribution in [0.3, 0.4) is 0 Å². The number of rotatable bonds is 6. The smallest absolute Gasteiger partial charge is 0.191 e. The van der Waals surface area contributed by atoms with Crippen molar-refractivity contribution in [3.8, 4) is 0 Å². The lowest BCUT2D eigenvalue weighted by Crippen LogP contribution is -2.37. The zero-order chi connectivity index (χ0) is 15.8. The van der Waals surface area contributed by atoms with Crippen molar-refractivity contribution in [1.29, 1.82) is 0 Å². The lowest BCUT2D eigenvalue weighted by atomic mass is 10.1. The summed E-state index contributed by atoms with van der Waals surface area (Å²) in [7, 11) is 0. The molecule has 0 spiro atoms. The zero-order valence-electron chi connectivity index (χ0n) is 13.9. The molecule has 2 aromatic rings. The van der Waals surface area contributed by atoms with Crippen LogP contribution in [0.5, 0.6) is 0 Å². The Kier molecular flexibility index (Phi) is 8.60. The summed E-state index contributed by atoms with van der Waals surface area (Å²) in [5.74, 6) is 1.69. The van der Waals surface area contributed by atoms with E-state index in [9.17, 15) is 0 Å². The van der Waals surface area contributed by atoms with Crippen molar-refractivity contribution in [3.63, 3.8) is 0 Å². The highest BCUT2D eigenvalue weighted by molar-refractivity contribution is 14.0. The van der Waals surface area contributed by atoms with E-state index in [-0.39, 0.29) is 24.0 Å². The molecule has 2 N–H and O–H groups in total. The van der Waals surface area contributed by atoms with Gasteiger partial charge in [-0.25, -0.2) is 4.99 Å². The Bertz CT molecular complexity index is 623. The van der Waals surface area contributed by atoms with Gasteiger partial charge in [-0.1, -0.05) is 24.3 Å². The normalized spacial score (nSPS) is 11.0. The zero-order valence-corrected chi connectivity index (χ0v) is 16.2. The van der Waals surface area contributed by atoms with Gasteiger partial charge in [-0.05, 0) is 31.9 Å². The van der Waals surface area contributed by atoms with E-state index in [4.69, 9.17) is 0 Å². The maximum absolute atomic E-state index is 4.64. The third-order valence-corrected chi connectivity index (χ3v) is 3.46. The first-order valence-corrected chi connectivity index (χ1v) is 7.68. The predicted molar refractivity (Wildman–Crippen MR) is 104 cm³/mol. The van der Waals surface area contributed by atoms with E-state index >= 15 is 0 Å². The van der Waals surface area contributed by atoms with Crippen molar-refractivity contribution in [2.75, 3.05) is 6.54 Å². The fraction of sp³-hybridized carbons (Fsp3) is 0.438. The molecule has 0 saturated heterocycles. The molecule has 1 aromatic carbocycles. The molecule has 1 heterocycles. The number of benzene rings is 1. The van der Waals surface area contributed by atoms with Crippen molar-refractivity contribution in [2.45, 2.75) is 40.4 Å². The number of hydrogen-bond acceptors (Lipinski definition) is 3. The number of hydrogen-bond donors (Lipinski definition) is 2. The van der Waals surface area contributed by atoms with Gasteiger partial charge in [0.05, 0.1) is 13.1 Å². The number of nitrogens with one attached hydrogen (secondary N) is 2. The van der Waals surface area contributed by atoms with Crippen LogP contribution in [0, 0.1) is 6.92 Å². The summed E-state index contributed by atoms with van der Waals surface area (Å²) in [4.78, 5) is 4.64. The van der Waals surface area contributed by atoms with E-state index in [1.165, 1.54) is 11.1 Å². The summed E-state index contributed by atoms with van der Waals surface area (Å²) >= 11 is 0. The Hall–Kier alpha value is -1.64. The quantitative estimate of drug-likeness (QED) is 0.422. The van der Waals surface area contributed by atoms with E-state index in [1.54, 1.807) is 6.33 Å². The third-order valence-electron chi connectivity index (χ3n) is 3.46. The summed E-state index contributed by atoms with van der Waals surface area (Å²) in [5.41, 5.74) is 2.49. The van der Waals surface area contributed by atoms with Gasteiger partial charge >= 0.3 is 0 Å². The van der Waals surface area contributed by atoms with Gasteiger partial charge in [0.25, 0.3) is 0 Å². The van der Waals surface area contributed by atoms with Crippen LogP contribution in [0.15, 0.2) is 35.6 Å². The Morgan fingerprint density at radius 3 is 2.70 bits per heavy atom. The minimum absolute atomic E-state index is 0. The molecule has 0 amide bonds. The number of nitrogens with zero attached hydrogens (tertiary/aromatic N) is 4. The first-order chi connectivity index (χ1) is 10.7. The molecule has 0 atom stereocenters. The van der Waals surface area contributed by atoms with Crippen LogP contribution in [0.2, 0.25) is 0 Å². The Morgan fingerprint density at radius 1 is 1.22 bits per heavy atom.